The largest absolute Gasteiger partial charge is 0.411 e. The van der Waals surface area contributed by atoms with Gasteiger partial charge < -0.3 is 9.32 Å². The number of hydrogen-bond acceptors (Lipinski definition) is 7. The highest BCUT2D eigenvalue weighted by molar-refractivity contribution is 7.99. The molecule has 0 radical (unpaired) electrons. The lowest BCUT2D eigenvalue weighted by molar-refractivity contribution is -0.132. The van der Waals surface area contributed by atoms with E-state index in [4.69, 9.17) is 4.42 Å². The van der Waals surface area contributed by atoms with Gasteiger partial charge >= 0.3 is 0 Å². The van der Waals surface area contributed by atoms with Crippen molar-refractivity contribution < 1.29 is 17.6 Å². The van der Waals surface area contributed by atoms with Gasteiger partial charge in [-0.1, -0.05) is 36.9 Å². The third-order valence-electron chi connectivity index (χ3n) is 5.06. The van der Waals surface area contributed by atoms with E-state index in [-0.39, 0.29) is 35.2 Å². The van der Waals surface area contributed by atoms with Crippen LogP contribution in [0.5, 0.6) is 0 Å². The summed E-state index contributed by atoms with van der Waals surface area (Å²) in [5.41, 5.74) is 1.90. The Morgan fingerprint density at radius 3 is 2.75 bits per heavy atom. The summed E-state index contributed by atoms with van der Waals surface area (Å²) in [7, 11) is -3.06. The number of carbonyl (C=O) groups is 1. The standard InChI is InChI=1S/C19H25N3O4S2/c1-4-14(3)22(15-9-10-28(24,25)12-15)17(23)11-27-19-21-20-18(26-19)16-8-6-5-7-13(16)2/h5-8,14-15H,4,9-12H2,1-3H3/t14-,15+/m1/s1. The fourth-order valence-electron chi connectivity index (χ4n) is 3.39. The Morgan fingerprint density at radius 2 is 2.11 bits per heavy atom. The van der Waals surface area contributed by atoms with Crippen LogP contribution < -0.4 is 0 Å². The highest BCUT2D eigenvalue weighted by atomic mass is 32.2. The van der Waals surface area contributed by atoms with Gasteiger partial charge in [0.2, 0.25) is 11.8 Å². The van der Waals surface area contributed by atoms with Crippen LogP contribution in [0.2, 0.25) is 0 Å². The van der Waals surface area contributed by atoms with E-state index in [0.717, 1.165) is 17.5 Å². The molecule has 0 saturated carbocycles. The minimum atomic E-state index is -3.06. The maximum absolute atomic E-state index is 12.9. The van der Waals surface area contributed by atoms with Crippen LogP contribution in [0.1, 0.15) is 32.3 Å². The van der Waals surface area contributed by atoms with Crippen LogP contribution >= 0.6 is 11.8 Å². The maximum Gasteiger partial charge on any atom is 0.277 e. The number of nitrogens with zero attached hydrogens (tertiary/aromatic N) is 3. The number of hydrogen-bond donors (Lipinski definition) is 0. The van der Waals surface area contributed by atoms with Gasteiger partial charge in [0.25, 0.3) is 5.22 Å². The zero-order valence-corrected chi connectivity index (χ0v) is 17.9. The first-order valence-electron chi connectivity index (χ1n) is 9.34. The molecule has 7 nitrogen and oxygen atoms in total. The fraction of sp³-hybridized carbons (Fsp3) is 0.526. The van der Waals surface area contributed by atoms with E-state index in [1.165, 1.54) is 11.8 Å². The molecule has 2 aromatic rings. The van der Waals surface area contributed by atoms with Gasteiger partial charge in [-0.15, -0.1) is 10.2 Å². The molecule has 1 aromatic heterocycles. The number of benzene rings is 1. The predicted molar refractivity (Wildman–Crippen MR) is 109 cm³/mol. The first-order chi connectivity index (χ1) is 13.3. The van der Waals surface area contributed by atoms with Crippen molar-refractivity contribution in [1.82, 2.24) is 15.1 Å². The van der Waals surface area contributed by atoms with Crippen molar-refractivity contribution in [1.29, 1.82) is 0 Å². The van der Waals surface area contributed by atoms with Gasteiger partial charge in [-0.05, 0) is 38.3 Å². The highest BCUT2D eigenvalue weighted by Crippen LogP contribution is 2.27. The summed E-state index contributed by atoms with van der Waals surface area (Å²) in [5.74, 6) is 0.655. The topological polar surface area (TPSA) is 93.4 Å². The van der Waals surface area contributed by atoms with Gasteiger partial charge in [-0.2, -0.15) is 0 Å². The van der Waals surface area contributed by atoms with Crippen LogP contribution in [-0.4, -0.2) is 58.8 Å². The second-order valence-corrected chi connectivity index (χ2v) is 10.2. The number of rotatable bonds is 7. The SMILES string of the molecule is CC[C@@H](C)N(C(=O)CSc1nnc(-c2ccccc2C)o1)[C@H]1CCS(=O)(=O)C1. The Labute approximate surface area is 169 Å². The number of aromatic nitrogens is 2. The van der Waals surface area contributed by atoms with Crippen LogP contribution in [0.3, 0.4) is 0 Å². The van der Waals surface area contributed by atoms with Gasteiger partial charge in [0, 0.05) is 17.6 Å². The quantitative estimate of drug-likeness (QED) is 0.632. The summed E-state index contributed by atoms with van der Waals surface area (Å²) in [6.07, 6.45) is 1.27. The van der Waals surface area contributed by atoms with Crippen molar-refractivity contribution >= 4 is 27.5 Å². The van der Waals surface area contributed by atoms with Crippen LogP contribution in [0.4, 0.5) is 0 Å². The third kappa shape index (κ3) is 4.75. The molecule has 1 saturated heterocycles. The summed E-state index contributed by atoms with van der Waals surface area (Å²) in [6, 6.07) is 7.46. The van der Waals surface area contributed by atoms with Crippen molar-refractivity contribution in [2.75, 3.05) is 17.3 Å². The van der Waals surface area contributed by atoms with Gasteiger partial charge in [0.1, 0.15) is 0 Å². The van der Waals surface area contributed by atoms with E-state index in [1.54, 1.807) is 4.90 Å². The van der Waals surface area contributed by atoms with E-state index in [2.05, 4.69) is 10.2 Å². The van der Waals surface area contributed by atoms with Crippen molar-refractivity contribution in [3.05, 3.63) is 29.8 Å². The number of carbonyl (C=O) groups excluding carboxylic acids is 1. The maximum atomic E-state index is 12.9. The molecule has 152 valence electrons. The normalized spacial score (nSPS) is 19.5. The van der Waals surface area contributed by atoms with E-state index < -0.39 is 9.84 Å². The molecule has 0 N–H and O–H groups in total. The Bertz CT molecular complexity index is 942. The lowest BCUT2D eigenvalue weighted by Crippen LogP contribution is -2.47. The Balaban J connectivity index is 1.67. The molecule has 3 rings (SSSR count). The molecule has 2 heterocycles. The molecule has 0 spiro atoms. The van der Waals surface area contributed by atoms with Crippen LogP contribution in [-0.2, 0) is 14.6 Å². The van der Waals surface area contributed by atoms with Crippen molar-refractivity contribution in [3.8, 4) is 11.5 Å². The van der Waals surface area contributed by atoms with E-state index in [0.29, 0.717) is 17.5 Å². The summed E-state index contributed by atoms with van der Waals surface area (Å²) in [5, 5.41) is 8.43. The van der Waals surface area contributed by atoms with Gasteiger partial charge in [-0.3, -0.25) is 4.79 Å². The monoisotopic (exact) mass is 423 g/mol. The minimum absolute atomic E-state index is 0.0170. The minimum Gasteiger partial charge on any atom is -0.411 e. The molecule has 1 aliphatic heterocycles. The average molecular weight is 424 g/mol. The molecule has 2 atom stereocenters. The summed E-state index contributed by atoms with van der Waals surface area (Å²) in [6.45, 7) is 5.92. The first-order valence-corrected chi connectivity index (χ1v) is 12.2. The zero-order valence-electron chi connectivity index (χ0n) is 16.3. The molecule has 1 fully saturated rings. The predicted octanol–water partition coefficient (Wildman–Crippen LogP) is 2.95. The van der Waals surface area contributed by atoms with E-state index in [9.17, 15) is 13.2 Å². The van der Waals surface area contributed by atoms with E-state index in [1.807, 2.05) is 45.0 Å². The number of thioether (sulfide) groups is 1. The van der Waals surface area contributed by atoms with Crippen LogP contribution in [0.25, 0.3) is 11.5 Å². The first kappa shape index (κ1) is 20.9. The smallest absolute Gasteiger partial charge is 0.277 e. The second kappa shape index (κ2) is 8.65. The molecule has 0 aliphatic carbocycles. The van der Waals surface area contributed by atoms with Gasteiger partial charge in [-0.25, -0.2) is 8.42 Å². The van der Waals surface area contributed by atoms with Crippen LogP contribution in [0.15, 0.2) is 33.9 Å². The molecule has 1 amide bonds. The highest BCUT2D eigenvalue weighted by Gasteiger charge is 2.36. The van der Waals surface area contributed by atoms with Gasteiger partial charge in [0.05, 0.1) is 17.3 Å². The number of amides is 1. The molecule has 28 heavy (non-hydrogen) atoms. The zero-order chi connectivity index (χ0) is 20.3. The summed E-state index contributed by atoms with van der Waals surface area (Å²) in [4.78, 5) is 14.6. The molecule has 0 bridgehead atoms. The Hall–Kier alpha value is -1.87. The van der Waals surface area contributed by atoms with Crippen molar-refractivity contribution in [2.24, 2.45) is 0 Å². The second-order valence-electron chi connectivity index (χ2n) is 7.09. The fourth-order valence-corrected chi connectivity index (χ4v) is 5.73. The Kier molecular flexibility index (Phi) is 6.44. The summed E-state index contributed by atoms with van der Waals surface area (Å²) < 4.78 is 29.4. The lowest BCUT2D eigenvalue weighted by Gasteiger charge is -2.33. The third-order valence-corrected chi connectivity index (χ3v) is 7.61. The average Bonchev–Trinajstić information content (AvgIpc) is 3.26. The lowest BCUT2D eigenvalue weighted by atomic mass is 10.1. The van der Waals surface area contributed by atoms with Crippen molar-refractivity contribution in [3.63, 3.8) is 0 Å². The van der Waals surface area contributed by atoms with Crippen molar-refractivity contribution in [2.45, 2.75) is 50.9 Å². The van der Waals surface area contributed by atoms with Crippen LogP contribution in [0, 0.1) is 6.92 Å². The molecule has 0 unspecified atom stereocenters. The molecule has 1 aliphatic rings. The molecular formula is C19H25N3O4S2. The molecular weight excluding hydrogens is 398 g/mol. The molecule has 9 heteroatoms. The molecule has 1 aromatic carbocycles. The summed E-state index contributed by atoms with van der Waals surface area (Å²) >= 11 is 1.18. The Morgan fingerprint density at radius 1 is 1.36 bits per heavy atom. The van der Waals surface area contributed by atoms with E-state index >= 15 is 0 Å². The number of aryl methyl sites for hydroxylation is 1. The number of sulfone groups is 1. The van der Waals surface area contributed by atoms with Gasteiger partial charge in [0.15, 0.2) is 9.84 Å².